The van der Waals surface area contributed by atoms with Gasteiger partial charge >= 0.3 is 0 Å². The minimum Gasteiger partial charge on any atom is -0.352 e. The van der Waals surface area contributed by atoms with E-state index in [9.17, 15) is 9.18 Å². The zero-order chi connectivity index (χ0) is 13.4. The molecule has 2 nitrogen and oxygen atoms in total. The molecule has 0 aliphatic heterocycles. The molecule has 1 rings (SSSR count). The number of carbonyl (C=O) groups is 1. The second kappa shape index (κ2) is 8.48. The molecule has 1 amide bonds. The summed E-state index contributed by atoms with van der Waals surface area (Å²) in [7, 11) is 0. The summed E-state index contributed by atoms with van der Waals surface area (Å²) in [5, 5.41) is 2.78. The molecule has 5 heteroatoms. The van der Waals surface area contributed by atoms with E-state index in [1.165, 1.54) is 12.1 Å². The fourth-order valence-electron chi connectivity index (χ4n) is 1.55. The van der Waals surface area contributed by atoms with Crippen molar-refractivity contribution in [3.8, 4) is 0 Å². The highest BCUT2D eigenvalue weighted by Crippen LogP contribution is 2.20. The van der Waals surface area contributed by atoms with Crippen molar-refractivity contribution in [1.82, 2.24) is 5.32 Å². The molecule has 100 valence electrons. The summed E-state index contributed by atoms with van der Waals surface area (Å²) in [6, 6.07) is 4.43. The molecule has 0 atom stereocenters. The number of carbonyl (C=O) groups excluding carboxylic acids is 1. The lowest BCUT2D eigenvalue weighted by Gasteiger charge is -2.07. The van der Waals surface area contributed by atoms with Crippen LogP contribution in [0.5, 0.6) is 0 Å². The van der Waals surface area contributed by atoms with Gasteiger partial charge in [-0.25, -0.2) is 4.39 Å². The van der Waals surface area contributed by atoms with Crippen LogP contribution in [0.4, 0.5) is 4.39 Å². The Kier molecular flexibility index (Phi) is 7.28. The second-order valence-corrected chi connectivity index (χ2v) is 5.13. The monoisotopic (exact) mass is 335 g/mol. The van der Waals surface area contributed by atoms with Crippen LogP contribution >= 0.6 is 27.5 Å². The van der Waals surface area contributed by atoms with Gasteiger partial charge in [0.15, 0.2) is 0 Å². The maximum Gasteiger partial charge on any atom is 0.252 e. The van der Waals surface area contributed by atoms with Crippen molar-refractivity contribution in [3.63, 3.8) is 0 Å². The summed E-state index contributed by atoms with van der Waals surface area (Å²) in [5.41, 5.74) is 0.329. The first kappa shape index (κ1) is 15.4. The van der Waals surface area contributed by atoms with Crippen molar-refractivity contribution in [1.29, 1.82) is 0 Å². The van der Waals surface area contributed by atoms with Crippen LogP contribution < -0.4 is 5.32 Å². The van der Waals surface area contributed by atoms with Gasteiger partial charge in [-0.05, 0) is 40.9 Å². The molecular formula is C13H16BrClFNO. The van der Waals surface area contributed by atoms with Crippen LogP contribution in [0.2, 0.25) is 0 Å². The van der Waals surface area contributed by atoms with Gasteiger partial charge in [-0.2, -0.15) is 0 Å². The van der Waals surface area contributed by atoms with Crippen molar-refractivity contribution in [2.75, 3.05) is 12.4 Å². The quantitative estimate of drug-likeness (QED) is 0.589. The minimum absolute atomic E-state index is 0.213. The van der Waals surface area contributed by atoms with Crippen molar-refractivity contribution < 1.29 is 9.18 Å². The molecule has 1 N–H and O–H groups in total. The molecule has 0 fully saturated rings. The van der Waals surface area contributed by atoms with E-state index in [1.54, 1.807) is 6.07 Å². The third-order valence-corrected chi connectivity index (χ3v) is 3.62. The van der Waals surface area contributed by atoms with Crippen molar-refractivity contribution >= 4 is 33.4 Å². The van der Waals surface area contributed by atoms with Crippen LogP contribution in [-0.4, -0.2) is 18.3 Å². The highest BCUT2D eigenvalue weighted by atomic mass is 79.9. The predicted molar refractivity (Wildman–Crippen MR) is 75.6 cm³/mol. The van der Waals surface area contributed by atoms with Gasteiger partial charge in [-0.3, -0.25) is 4.79 Å². The number of benzene rings is 1. The lowest BCUT2D eigenvalue weighted by Crippen LogP contribution is -2.25. The number of nitrogens with one attached hydrogen (secondary N) is 1. The van der Waals surface area contributed by atoms with Gasteiger partial charge in [0.1, 0.15) is 5.82 Å². The Labute approximate surface area is 120 Å². The fraction of sp³-hybridized carbons (Fsp3) is 0.462. The van der Waals surface area contributed by atoms with Crippen LogP contribution in [0.3, 0.4) is 0 Å². The number of halogens is 3. The lowest BCUT2D eigenvalue weighted by molar-refractivity contribution is 0.0951. The Morgan fingerprint density at radius 1 is 1.28 bits per heavy atom. The first-order chi connectivity index (χ1) is 8.66. The van der Waals surface area contributed by atoms with E-state index in [-0.39, 0.29) is 10.4 Å². The Bertz CT molecular complexity index is 401. The Balaban J connectivity index is 2.35. The number of alkyl halides is 1. The predicted octanol–water partition coefficient (Wildman–Crippen LogP) is 4.12. The van der Waals surface area contributed by atoms with E-state index in [4.69, 9.17) is 11.6 Å². The van der Waals surface area contributed by atoms with Crippen LogP contribution in [-0.2, 0) is 0 Å². The van der Waals surface area contributed by atoms with Crippen LogP contribution in [0.15, 0.2) is 22.7 Å². The molecule has 18 heavy (non-hydrogen) atoms. The highest BCUT2D eigenvalue weighted by Gasteiger charge is 2.11. The summed E-state index contributed by atoms with van der Waals surface area (Å²) in [6.07, 6.45) is 4.03. The molecule has 0 saturated carbocycles. The first-order valence-corrected chi connectivity index (χ1v) is 7.27. The Morgan fingerprint density at radius 2 is 2.00 bits per heavy atom. The number of hydrogen-bond donors (Lipinski definition) is 1. The van der Waals surface area contributed by atoms with Crippen LogP contribution in [0.25, 0.3) is 0 Å². The zero-order valence-corrected chi connectivity index (χ0v) is 12.4. The van der Waals surface area contributed by atoms with E-state index in [1.807, 2.05) is 0 Å². The molecule has 1 aromatic rings. The highest BCUT2D eigenvalue weighted by molar-refractivity contribution is 9.10. The number of rotatable bonds is 7. The summed E-state index contributed by atoms with van der Waals surface area (Å²) >= 11 is 8.64. The van der Waals surface area contributed by atoms with Gasteiger partial charge in [0.2, 0.25) is 0 Å². The number of unbranched alkanes of at least 4 members (excludes halogenated alkanes) is 3. The van der Waals surface area contributed by atoms with Crippen LogP contribution in [0.1, 0.15) is 36.0 Å². The summed E-state index contributed by atoms with van der Waals surface area (Å²) < 4.78 is 13.4. The second-order valence-electron chi connectivity index (χ2n) is 3.96. The van der Waals surface area contributed by atoms with Gasteiger partial charge in [0.05, 0.1) is 10.0 Å². The maximum absolute atomic E-state index is 13.2. The minimum atomic E-state index is -0.426. The van der Waals surface area contributed by atoms with Gasteiger partial charge in [-0.1, -0.05) is 18.9 Å². The third kappa shape index (κ3) is 4.94. The van der Waals surface area contributed by atoms with E-state index < -0.39 is 5.82 Å². The SMILES string of the molecule is O=C(NCCCCCCCl)c1cccc(F)c1Br. The Hall–Kier alpha value is -0.610. The molecule has 1 aromatic carbocycles. The molecule has 0 saturated heterocycles. The largest absolute Gasteiger partial charge is 0.352 e. The topological polar surface area (TPSA) is 29.1 Å². The van der Waals surface area contributed by atoms with Gasteiger partial charge in [-0.15, -0.1) is 11.6 Å². The number of amides is 1. The summed E-state index contributed by atoms with van der Waals surface area (Å²) in [5.74, 6) is 0.00580. The molecule has 0 unspecified atom stereocenters. The molecule has 0 radical (unpaired) electrons. The summed E-state index contributed by atoms with van der Waals surface area (Å²) in [4.78, 5) is 11.8. The molecule has 0 aliphatic carbocycles. The van der Waals surface area contributed by atoms with Gasteiger partial charge in [0.25, 0.3) is 5.91 Å². The summed E-state index contributed by atoms with van der Waals surface area (Å²) in [6.45, 7) is 0.601. The van der Waals surface area contributed by atoms with Crippen molar-refractivity contribution in [2.45, 2.75) is 25.7 Å². The molecule has 0 heterocycles. The molecular weight excluding hydrogens is 321 g/mol. The number of hydrogen-bond acceptors (Lipinski definition) is 1. The molecule has 0 spiro atoms. The normalized spacial score (nSPS) is 10.4. The van der Waals surface area contributed by atoms with Crippen molar-refractivity contribution in [2.24, 2.45) is 0 Å². The van der Waals surface area contributed by atoms with E-state index >= 15 is 0 Å². The van der Waals surface area contributed by atoms with E-state index in [0.717, 1.165) is 25.7 Å². The van der Waals surface area contributed by atoms with Crippen LogP contribution in [0, 0.1) is 5.82 Å². The van der Waals surface area contributed by atoms with E-state index in [2.05, 4.69) is 21.2 Å². The first-order valence-electron chi connectivity index (χ1n) is 5.95. The molecule has 0 aromatic heterocycles. The fourth-order valence-corrected chi connectivity index (χ4v) is 2.18. The maximum atomic E-state index is 13.2. The van der Waals surface area contributed by atoms with E-state index in [0.29, 0.717) is 18.0 Å². The zero-order valence-electron chi connectivity index (χ0n) is 10.0. The standard InChI is InChI=1S/C13H16BrClFNO/c14-12-10(6-5-7-11(12)16)13(18)17-9-4-2-1-3-8-15/h5-7H,1-4,8-9H2,(H,17,18). The molecule has 0 bridgehead atoms. The Morgan fingerprint density at radius 3 is 2.72 bits per heavy atom. The third-order valence-electron chi connectivity index (χ3n) is 2.54. The average molecular weight is 337 g/mol. The molecule has 0 aliphatic rings. The lowest BCUT2D eigenvalue weighted by atomic mass is 10.2. The van der Waals surface area contributed by atoms with Gasteiger partial charge < -0.3 is 5.32 Å². The smallest absolute Gasteiger partial charge is 0.252 e. The average Bonchev–Trinajstić information content (AvgIpc) is 2.36. The van der Waals surface area contributed by atoms with Gasteiger partial charge in [0, 0.05) is 12.4 Å². The van der Waals surface area contributed by atoms with Crippen molar-refractivity contribution in [3.05, 3.63) is 34.1 Å².